The molecule has 1 atom stereocenters. The summed E-state index contributed by atoms with van der Waals surface area (Å²) in [5.74, 6) is -1.61. The third kappa shape index (κ3) is 6.42. The van der Waals surface area contributed by atoms with Crippen molar-refractivity contribution in [1.29, 1.82) is 0 Å². The molecule has 0 spiro atoms. The monoisotopic (exact) mass is 383 g/mol. The average Bonchev–Trinajstić information content (AvgIpc) is 2.62. The summed E-state index contributed by atoms with van der Waals surface area (Å²) in [6.45, 7) is 5.37. The van der Waals surface area contributed by atoms with Gasteiger partial charge in [0.2, 0.25) is 0 Å². The fraction of sp³-hybridized carbons (Fsp3) is 0.286. The molecule has 0 aliphatic heterocycles. The summed E-state index contributed by atoms with van der Waals surface area (Å²) in [7, 11) is 0. The predicted octanol–water partition coefficient (Wildman–Crippen LogP) is 3.73. The van der Waals surface area contributed by atoms with Crippen molar-refractivity contribution in [3.63, 3.8) is 0 Å². The maximum absolute atomic E-state index is 12.5. The minimum atomic E-state index is -0.840. The van der Waals surface area contributed by atoms with Gasteiger partial charge in [-0.2, -0.15) is 0 Å². The Bertz CT molecular complexity index is 847. The van der Waals surface area contributed by atoms with E-state index in [0.717, 1.165) is 5.56 Å². The van der Waals surface area contributed by atoms with Gasteiger partial charge in [0, 0.05) is 23.0 Å². The Hall–Kier alpha value is -3.35. The molecule has 0 aromatic heterocycles. The molecule has 2 aromatic carbocycles. The SMILES string of the molecule is CC(C)NC(=O)Nc1cccc(C(=O)Nc2ccc(CC(C)C(=O)O)cc2)c1. The van der Waals surface area contributed by atoms with Crippen molar-refractivity contribution in [2.75, 3.05) is 10.6 Å². The summed E-state index contributed by atoms with van der Waals surface area (Å²) in [5, 5.41) is 17.2. The normalized spacial score (nSPS) is 11.6. The first kappa shape index (κ1) is 21.0. The lowest BCUT2D eigenvalue weighted by molar-refractivity contribution is -0.141. The van der Waals surface area contributed by atoms with Gasteiger partial charge in [-0.3, -0.25) is 9.59 Å². The number of carboxylic acids is 1. The number of carboxylic acid groups (broad SMARTS) is 1. The van der Waals surface area contributed by atoms with Crippen LogP contribution in [0.25, 0.3) is 0 Å². The number of carbonyl (C=O) groups excluding carboxylic acids is 2. The van der Waals surface area contributed by atoms with E-state index in [9.17, 15) is 14.4 Å². The highest BCUT2D eigenvalue weighted by Gasteiger charge is 2.12. The van der Waals surface area contributed by atoms with Crippen LogP contribution in [0, 0.1) is 5.92 Å². The fourth-order valence-electron chi connectivity index (χ4n) is 2.54. The zero-order chi connectivity index (χ0) is 20.7. The van der Waals surface area contributed by atoms with Crippen molar-refractivity contribution in [2.45, 2.75) is 33.2 Å². The van der Waals surface area contributed by atoms with E-state index in [1.807, 2.05) is 13.8 Å². The smallest absolute Gasteiger partial charge is 0.319 e. The van der Waals surface area contributed by atoms with Crippen molar-refractivity contribution in [3.05, 3.63) is 59.7 Å². The van der Waals surface area contributed by atoms with Crippen LogP contribution in [0.15, 0.2) is 48.5 Å². The lowest BCUT2D eigenvalue weighted by Gasteiger charge is -2.11. The molecule has 1 unspecified atom stereocenters. The summed E-state index contributed by atoms with van der Waals surface area (Å²) < 4.78 is 0. The molecule has 7 nitrogen and oxygen atoms in total. The summed E-state index contributed by atoms with van der Waals surface area (Å²) in [4.78, 5) is 35.2. The van der Waals surface area contributed by atoms with Gasteiger partial charge in [-0.25, -0.2) is 4.79 Å². The Morgan fingerprint density at radius 3 is 2.21 bits per heavy atom. The van der Waals surface area contributed by atoms with Crippen molar-refractivity contribution in [1.82, 2.24) is 5.32 Å². The van der Waals surface area contributed by atoms with Crippen molar-refractivity contribution in [3.8, 4) is 0 Å². The number of aliphatic carboxylic acids is 1. The molecule has 3 amide bonds. The molecule has 0 saturated carbocycles. The molecule has 0 saturated heterocycles. The van der Waals surface area contributed by atoms with Gasteiger partial charge in [0.1, 0.15) is 0 Å². The fourth-order valence-corrected chi connectivity index (χ4v) is 2.54. The van der Waals surface area contributed by atoms with E-state index in [4.69, 9.17) is 5.11 Å². The zero-order valence-corrected chi connectivity index (χ0v) is 16.2. The minimum absolute atomic E-state index is 0.00735. The van der Waals surface area contributed by atoms with Crippen LogP contribution in [-0.2, 0) is 11.2 Å². The molecule has 7 heteroatoms. The van der Waals surface area contributed by atoms with Crippen LogP contribution in [-0.4, -0.2) is 29.1 Å². The Morgan fingerprint density at radius 1 is 0.929 bits per heavy atom. The molecule has 0 heterocycles. The first-order chi connectivity index (χ1) is 13.2. The van der Waals surface area contributed by atoms with Crippen LogP contribution in [0.1, 0.15) is 36.7 Å². The van der Waals surface area contributed by atoms with Crippen molar-refractivity contribution >= 4 is 29.3 Å². The predicted molar refractivity (Wildman–Crippen MR) is 109 cm³/mol. The van der Waals surface area contributed by atoms with E-state index < -0.39 is 11.9 Å². The Labute approximate surface area is 164 Å². The highest BCUT2D eigenvalue weighted by molar-refractivity contribution is 6.05. The summed E-state index contributed by atoms with van der Waals surface area (Å²) in [6.07, 6.45) is 0.426. The van der Waals surface area contributed by atoms with Crippen molar-refractivity contribution < 1.29 is 19.5 Å². The average molecular weight is 383 g/mol. The van der Waals surface area contributed by atoms with Gasteiger partial charge < -0.3 is 21.1 Å². The number of carbonyl (C=O) groups is 3. The summed E-state index contributed by atoms with van der Waals surface area (Å²) in [6, 6.07) is 13.4. The largest absolute Gasteiger partial charge is 0.481 e. The first-order valence-corrected chi connectivity index (χ1v) is 9.05. The maximum atomic E-state index is 12.5. The standard InChI is InChI=1S/C21H25N3O4/c1-13(2)22-21(28)24-18-6-4-5-16(12-18)19(25)23-17-9-7-15(8-10-17)11-14(3)20(26)27/h4-10,12-14H,11H2,1-3H3,(H,23,25)(H,26,27)(H2,22,24,28). The van der Waals surface area contributed by atoms with E-state index in [-0.39, 0.29) is 18.0 Å². The number of hydrogen-bond acceptors (Lipinski definition) is 3. The minimum Gasteiger partial charge on any atom is -0.481 e. The summed E-state index contributed by atoms with van der Waals surface area (Å²) >= 11 is 0. The van der Waals surface area contributed by atoms with Crippen LogP contribution >= 0.6 is 0 Å². The van der Waals surface area contributed by atoms with Crippen molar-refractivity contribution in [2.24, 2.45) is 5.92 Å². The lowest BCUT2D eigenvalue weighted by atomic mass is 10.0. The van der Waals surface area contributed by atoms with Crippen LogP contribution in [0.3, 0.4) is 0 Å². The molecule has 2 rings (SSSR count). The molecule has 28 heavy (non-hydrogen) atoms. The van der Waals surface area contributed by atoms with Crippen LogP contribution in [0.5, 0.6) is 0 Å². The van der Waals surface area contributed by atoms with Gasteiger partial charge in [-0.05, 0) is 56.2 Å². The molecule has 0 aliphatic rings. The number of rotatable bonds is 7. The highest BCUT2D eigenvalue weighted by atomic mass is 16.4. The summed E-state index contributed by atoms with van der Waals surface area (Å²) in [5.41, 5.74) is 2.41. The van der Waals surface area contributed by atoms with Gasteiger partial charge in [-0.1, -0.05) is 25.1 Å². The van der Waals surface area contributed by atoms with E-state index in [1.54, 1.807) is 55.5 Å². The van der Waals surface area contributed by atoms with Crippen LogP contribution < -0.4 is 16.0 Å². The molecule has 4 N–H and O–H groups in total. The maximum Gasteiger partial charge on any atom is 0.319 e. The van der Waals surface area contributed by atoms with Gasteiger partial charge in [0.25, 0.3) is 5.91 Å². The number of urea groups is 1. The van der Waals surface area contributed by atoms with Gasteiger partial charge in [0.15, 0.2) is 0 Å². The van der Waals surface area contributed by atoms with Crippen LogP contribution in [0.2, 0.25) is 0 Å². The van der Waals surface area contributed by atoms with E-state index >= 15 is 0 Å². The second-order valence-corrected chi connectivity index (χ2v) is 6.93. The number of anilines is 2. The molecule has 148 valence electrons. The third-order valence-electron chi connectivity index (χ3n) is 3.98. The molecule has 0 radical (unpaired) electrons. The van der Waals surface area contributed by atoms with E-state index in [2.05, 4.69) is 16.0 Å². The van der Waals surface area contributed by atoms with Gasteiger partial charge >= 0.3 is 12.0 Å². The Morgan fingerprint density at radius 2 is 1.61 bits per heavy atom. The molecule has 0 bridgehead atoms. The number of benzene rings is 2. The van der Waals surface area contributed by atoms with Gasteiger partial charge in [-0.15, -0.1) is 0 Å². The Balaban J connectivity index is 2.00. The van der Waals surface area contributed by atoms with Gasteiger partial charge in [0.05, 0.1) is 5.92 Å². The first-order valence-electron chi connectivity index (χ1n) is 9.05. The number of hydrogen-bond donors (Lipinski definition) is 4. The second kappa shape index (κ2) is 9.55. The number of amides is 3. The van der Waals surface area contributed by atoms with E-state index in [0.29, 0.717) is 23.4 Å². The second-order valence-electron chi connectivity index (χ2n) is 6.93. The highest BCUT2D eigenvalue weighted by Crippen LogP contribution is 2.16. The molecule has 2 aromatic rings. The third-order valence-corrected chi connectivity index (χ3v) is 3.98. The molecule has 0 aliphatic carbocycles. The van der Waals surface area contributed by atoms with E-state index in [1.165, 1.54) is 0 Å². The van der Waals surface area contributed by atoms with Crippen LogP contribution in [0.4, 0.5) is 16.2 Å². The molecule has 0 fully saturated rings. The topological polar surface area (TPSA) is 108 Å². The molecular weight excluding hydrogens is 358 g/mol. The lowest BCUT2D eigenvalue weighted by Crippen LogP contribution is -2.34. The quantitative estimate of drug-likeness (QED) is 0.584. The zero-order valence-electron chi connectivity index (χ0n) is 16.2. The number of nitrogens with one attached hydrogen (secondary N) is 3. The Kier molecular flexibility index (Phi) is 7.14. The molecular formula is C21H25N3O4.